The number of carbonyl (C=O) groups is 2. The first-order valence-electron chi connectivity index (χ1n) is 7.85. The average Bonchev–Trinajstić information content (AvgIpc) is 2.61. The highest BCUT2D eigenvalue weighted by atomic mass is 16.5. The Kier molecular flexibility index (Phi) is 6.39. The molecular weight excluding hydrogens is 322 g/mol. The molecule has 25 heavy (non-hydrogen) atoms. The predicted octanol–water partition coefficient (Wildman–Crippen LogP) is 2.58. The van der Waals surface area contributed by atoms with Crippen molar-refractivity contribution in [1.82, 2.24) is 5.32 Å². The van der Waals surface area contributed by atoms with Crippen molar-refractivity contribution >= 4 is 11.9 Å². The summed E-state index contributed by atoms with van der Waals surface area (Å²) >= 11 is 0. The van der Waals surface area contributed by atoms with Crippen LogP contribution in [-0.2, 0) is 16.0 Å². The lowest BCUT2D eigenvalue weighted by atomic mass is 10.1. The Morgan fingerprint density at radius 3 is 2.20 bits per heavy atom. The molecule has 2 rings (SSSR count). The van der Waals surface area contributed by atoms with Crippen molar-refractivity contribution in [3.05, 3.63) is 59.7 Å². The third-order valence-corrected chi connectivity index (χ3v) is 3.64. The second-order valence-corrected chi connectivity index (χ2v) is 5.57. The molecule has 1 atom stereocenters. The molecule has 0 saturated heterocycles. The Bertz CT molecular complexity index is 710. The lowest BCUT2D eigenvalue weighted by Gasteiger charge is -2.15. The van der Waals surface area contributed by atoms with Crippen LogP contribution >= 0.6 is 0 Å². The van der Waals surface area contributed by atoms with Crippen LogP contribution in [0.1, 0.15) is 24.1 Å². The van der Waals surface area contributed by atoms with E-state index in [9.17, 15) is 9.59 Å². The van der Waals surface area contributed by atoms with E-state index in [2.05, 4.69) is 5.32 Å². The van der Waals surface area contributed by atoms with Gasteiger partial charge in [0.1, 0.15) is 11.5 Å². The van der Waals surface area contributed by atoms with Crippen molar-refractivity contribution in [3.63, 3.8) is 0 Å². The van der Waals surface area contributed by atoms with Crippen LogP contribution in [0.15, 0.2) is 48.5 Å². The molecule has 132 valence electrons. The highest BCUT2D eigenvalue weighted by molar-refractivity contribution is 5.79. The fourth-order valence-corrected chi connectivity index (χ4v) is 2.30. The molecule has 0 aliphatic carbocycles. The molecule has 0 heterocycles. The van der Waals surface area contributed by atoms with Crippen LogP contribution in [0, 0.1) is 0 Å². The van der Waals surface area contributed by atoms with Crippen LogP contribution in [0.5, 0.6) is 11.5 Å². The molecule has 0 saturated carbocycles. The first-order chi connectivity index (χ1) is 12.0. The summed E-state index contributed by atoms with van der Waals surface area (Å²) in [5.41, 5.74) is 1.81. The van der Waals surface area contributed by atoms with Crippen molar-refractivity contribution in [2.75, 3.05) is 13.7 Å². The van der Waals surface area contributed by atoms with E-state index in [1.165, 1.54) is 0 Å². The molecule has 0 aromatic heterocycles. The van der Waals surface area contributed by atoms with Crippen molar-refractivity contribution in [2.24, 2.45) is 0 Å². The number of aliphatic carboxylic acids is 1. The number of rotatable bonds is 8. The van der Waals surface area contributed by atoms with Crippen LogP contribution in [-0.4, -0.2) is 30.7 Å². The minimum absolute atomic E-state index is 0.0797. The van der Waals surface area contributed by atoms with E-state index in [1.807, 2.05) is 31.2 Å². The molecular formula is C19H21NO5. The smallest absolute Gasteiger partial charge is 0.341 e. The first kappa shape index (κ1) is 18.3. The van der Waals surface area contributed by atoms with Crippen LogP contribution in [0.3, 0.4) is 0 Å². The SMILES string of the molecule is COc1ccc(CC(=O)NC(C)c2ccc(OCC(=O)O)cc2)cc1. The maximum Gasteiger partial charge on any atom is 0.341 e. The minimum Gasteiger partial charge on any atom is -0.497 e. The number of nitrogens with one attached hydrogen (secondary N) is 1. The zero-order valence-corrected chi connectivity index (χ0v) is 14.2. The summed E-state index contributed by atoms with van der Waals surface area (Å²) in [6.07, 6.45) is 0.286. The Hall–Kier alpha value is -3.02. The Labute approximate surface area is 146 Å². The number of carboxylic acids is 1. The Balaban J connectivity index is 1.88. The zero-order valence-electron chi connectivity index (χ0n) is 14.2. The largest absolute Gasteiger partial charge is 0.497 e. The van der Waals surface area contributed by atoms with E-state index in [4.69, 9.17) is 14.6 Å². The van der Waals surface area contributed by atoms with E-state index in [1.54, 1.807) is 31.4 Å². The summed E-state index contributed by atoms with van der Waals surface area (Å²) < 4.78 is 10.2. The lowest BCUT2D eigenvalue weighted by molar-refractivity contribution is -0.139. The maximum absolute atomic E-state index is 12.2. The summed E-state index contributed by atoms with van der Waals surface area (Å²) in [6, 6.07) is 14.2. The van der Waals surface area contributed by atoms with Crippen LogP contribution in [0.4, 0.5) is 0 Å². The van der Waals surface area contributed by atoms with E-state index >= 15 is 0 Å². The van der Waals surface area contributed by atoms with Crippen molar-refractivity contribution in [1.29, 1.82) is 0 Å². The fourth-order valence-electron chi connectivity index (χ4n) is 2.30. The molecule has 2 aromatic rings. The second kappa shape index (κ2) is 8.73. The van der Waals surface area contributed by atoms with Gasteiger partial charge in [-0.05, 0) is 42.3 Å². The van der Waals surface area contributed by atoms with Crippen molar-refractivity contribution in [2.45, 2.75) is 19.4 Å². The number of carboxylic acid groups (broad SMARTS) is 1. The minimum atomic E-state index is -1.02. The van der Waals surface area contributed by atoms with Crippen molar-refractivity contribution < 1.29 is 24.2 Å². The van der Waals surface area contributed by atoms with Gasteiger partial charge >= 0.3 is 5.97 Å². The van der Waals surface area contributed by atoms with Gasteiger partial charge < -0.3 is 19.9 Å². The van der Waals surface area contributed by atoms with Gasteiger partial charge in [0, 0.05) is 0 Å². The molecule has 0 aliphatic heterocycles. The van der Waals surface area contributed by atoms with Gasteiger partial charge in [-0.2, -0.15) is 0 Å². The first-order valence-corrected chi connectivity index (χ1v) is 7.85. The van der Waals surface area contributed by atoms with E-state index in [0.29, 0.717) is 5.75 Å². The third kappa shape index (κ3) is 5.84. The molecule has 2 N–H and O–H groups in total. The van der Waals surface area contributed by atoms with Crippen molar-refractivity contribution in [3.8, 4) is 11.5 Å². The Morgan fingerprint density at radius 1 is 1.04 bits per heavy atom. The van der Waals surface area contributed by atoms with E-state index in [-0.39, 0.29) is 25.0 Å². The quantitative estimate of drug-likeness (QED) is 0.769. The topological polar surface area (TPSA) is 84.9 Å². The van der Waals surface area contributed by atoms with E-state index < -0.39 is 5.97 Å². The number of hydrogen-bond donors (Lipinski definition) is 2. The van der Waals surface area contributed by atoms with Crippen LogP contribution in [0.25, 0.3) is 0 Å². The Morgan fingerprint density at radius 2 is 1.64 bits per heavy atom. The molecule has 2 aromatic carbocycles. The molecule has 6 heteroatoms. The van der Waals surface area contributed by atoms with Gasteiger partial charge in [-0.1, -0.05) is 24.3 Å². The number of amides is 1. The van der Waals surface area contributed by atoms with Gasteiger partial charge in [-0.15, -0.1) is 0 Å². The second-order valence-electron chi connectivity index (χ2n) is 5.57. The molecule has 6 nitrogen and oxygen atoms in total. The number of benzene rings is 2. The summed E-state index contributed by atoms with van der Waals surface area (Å²) in [6.45, 7) is 1.51. The zero-order chi connectivity index (χ0) is 18.2. The summed E-state index contributed by atoms with van der Waals surface area (Å²) in [5, 5.41) is 11.5. The van der Waals surface area contributed by atoms with Crippen LogP contribution < -0.4 is 14.8 Å². The molecule has 0 bridgehead atoms. The molecule has 0 fully saturated rings. The molecule has 0 spiro atoms. The summed E-state index contributed by atoms with van der Waals surface area (Å²) in [7, 11) is 1.60. The lowest BCUT2D eigenvalue weighted by Crippen LogP contribution is -2.28. The van der Waals surface area contributed by atoms with Gasteiger partial charge in [0.2, 0.25) is 5.91 Å². The van der Waals surface area contributed by atoms with Gasteiger partial charge in [-0.3, -0.25) is 4.79 Å². The monoisotopic (exact) mass is 343 g/mol. The van der Waals surface area contributed by atoms with Gasteiger partial charge in [0.05, 0.1) is 19.6 Å². The van der Waals surface area contributed by atoms with E-state index in [0.717, 1.165) is 16.9 Å². The molecule has 1 amide bonds. The number of ether oxygens (including phenoxy) is 2. The molecule has 0 radical (unpaired) electrons. The standard InChI is InChI=1S/C19H21NO5/c1-13(15-5-9-17(10-6-15)25-12-19(22)23)20-18(21)11-14-3-7-16(24-2)8-4-14/h3-10,13H,11-12H2,1-2H3,(H,20,21)(H,22,23). The van der Waals surface area contributed by atoms with Gasteiger partial charge in [-0.25, -0.2) is 4.79 Å². The third-order valence-electron chi connectivity index (χ3n) is 3.64. The highest BCUT2D eigenvalue weighted by Gasteiger charge is 2.11. The van der Waals surface area contributed by atoms with Gasteiger partial charge in [0.15, 0.2) is 6.61 Å². The van der Waals surface area contributed by atoms with Gasteiger partial charge in [0.25, 0.3) is 0 Å². The number of hydrogen-bond acceptors (Lipinski definition) is 4. The number of carbonyl (C=O) groups excluding carboxylic acids is 1. The molecule has 1 unspecified atom stereocenters. The predicted molar refractivity (Wildman–Crippen MR) is 92.8 cm³/mol. The molecule has 0 aliphatic rings. The summed E-state index contributed by atoms with van der Waals surface area (Å²) in [4.78, 5) is 22.6. The van der Waals surface area contributed by atoms with Crippen LogP contribution in [0.2, 0.25) is 0 Å². The number of methoxy groups -OCH3 is 1. The average molecular weight is 343 g/mol. The summed E-state index contributed by atoms with van der Waals surface area (Å²) in [5.74, 6) is 0.123. The normalized spacial score (nSPS) is 11.4. The highest BCUT2D eigenvalue weighted by Crippen LogP contribution is 2.18. The fraction of sp³-hybridized carbons (Fsp3) is 0.263. The maximum atomic E-state index is 12.2.